The standard InChI is InChI=1S/C25H24BrNO4/c1-3-4-11-27-21-14-20(26)23(30-2)13-19(21)24(25(28)29)22(27)15-31-18-10-9-16-7-5-6-8-17(16)12-18/h5-10,12-14H,3-4,11,15H2,1-2H3,(H,28,29). The summed E-state index contributed by atoms with van der Waals surface area (Å²) in [6, 6.07) is 17.7. The molecule has 0 aliphatic rings. The number of rotatable bonds is 8. The summed E-state index contributed by atoms with van der Waals surface area (Å²) in [5.74, 6) is 0.340. The number of halogens is 1. The van der Waals surface area contributed by atoms with E-state index >= 15 is 0 Å². The summed E-state index contributed by atoms with van der Waals surface area (Å²) in [4.78, 5) is 12.3. The molecule has 160 valence electrons. The second-order valence-electron chi connectivity index (χ2n) is 7.43. The number of nitrogens with zero attached hydrogens (tertiary/aromatic N) is 1. The molecule has 0 aliphatic heterocycles. The summed E-state index contributed by atoms with van der Waals surface area (Å²) in [7, 11) is 1.57. The van der Waals surface area contributed by atoms with Gasteiger partial charge in [-0.1, -0.05) is 43.7 Å². The number of hydrogen-bond acceptors (Lipinski definition) is 3. The fourth-order valence-electron chi connectivity index (χ4n) is 3.93. The summed E-state index contributed by atoms with van der Waals surface area (Å²) in [5, 5.41) is 12.9. The van der Waals surface area contributed by atoms with E-state index in [0.717, 1.165) is 40.1 Å². The van der Waals surface area contributed by atoms with Gasteiger partial charge in [0.2, 0.25) is 0 Å². The molecule has 0 unspecified atom stereocenters. The monoisotopic (exact) mass is 481 g/mol. The van der Waals surface area contributed by atoms with Gasteiger partial charge in [-0.25, -0.2) is 4.79 Å². The van der Waals surface area contributed by atoms with Gasteiger partial charge in [0.25, 0.3) is 0 Å². The van der Waals surface area contributed by atoms with Gasteiger partial charge in [-0.15, -0.1) is 0 Å². The molecule has 0 radical (unpaired) electrons. The van der Waals surface area contributed by atoms with Crippen molar-refractivity contribution in [3.63, 3.8) is 0 Å². The van der Waals surface area contributed by atoms with Crippen molar-refractivity contribution in [2.45, 2.75) is 32.9 Å². The number of aryl methyl sites for hydroxylation is 1. The van der Waals surface area contributed by atoms with Gasteiger partial charge in [0, 0.05) is 11.9 Å². The van der Waals surface area contributed by atoms with Crippen molar-refractivity contribution in [1.82, 2.24) is 4.57 Å². The number of aromatic nitrogens is 1. The van der Waals surface area contributed by atoms with E-state index in [1.54, 1.807) is 13.2 Å². The van der Waals surface area contributed by atoms with Crippen molar-refractivity contribution >= 4 is 43.6 Å². The zero-order valence-electron chi connectivity index (χ0n) is 17.5. The lowest BCUT2D eigenvalue weighted by Crippen LogP contribution is -2.10. The predicted molar refractivity (Wildman–Crippen MR) is 126 cm³/mol. The van der Waals surface area contributed by atoms with E-state index < -0.39 is 5.97 Å². The van der Waals surface area contributed by atoms with Crippen LogP contribution in [0.5, 0.6) is 11.5 Å². The lowest BCUT2D eigenvalue weighted by Gasteiger charge is -2.13. The minimum atomic E-state index is -0.971. The van der Waals surface area contributed by atoms with Crippen LogP contribution in [0.1, 0.15) is 35.8 Å². The average molecular weight is 482 g/mol. The highest BCUT2D eigenvalue weighted by Crippen LogP contribution is 2.36. The largest absolute Gasteiger partial charge is 0.496 e. The molecule has 0 fully saturated rings. The molecule has 4 rings (SSSR count). The summed E-state index contributed by atoms with van der Waals surface area (Å²) in [6.07, 6.45) is 1.94. The first kappa shape index (κ1) is 21.2. The minimum absolute atomic E-state index is 0.165. The zero-order valence-corrected chi connectivity index (χ0v) is 19.1. The molecule has 0 atom stereocenters. The number of carboxylic acid groups (broad SMARTS) is 1. The Morgan fingerprint density at radius 1 is 1.10 bits per heavy atom. The number of methoxy groups -OCH3 is 1. The first-order valence-corrected chi connectivity index (χ1v) is 11.1. The number of carbonyl (C=O) groups is 1. The number of ether oxygens (including phenoxy) is 2. The smallest absolute Gasteiger partial charge is 0.338 e. The van der Waals surface area contributed by atoms with Crippen LogP contribution in [0.15, 0.2) is 59.1 Å². The van der Waals surface area contributed by atoms with Gasteiger partial charge >= 0.3 is 5.97 Å². The van der Waals surface area contributed by atoms with Crippen LogP contribution in [0.4, 0.5) is 0 Å². The zero-order chi connectivity index (χ0) is 22.0. The van der Waals surface area contributed by atoms with E-state index in [0.29, 0.717) is 22.6 Å². The van der Waals surface area contributed by atoms with Crippen LogP contribution in [0, 0.1) is 0 Å². The fourth-order valence-corrected chi connectivity index (χ4v) is 4.42. The van der Waals surface area contributed by atoms with E-state index in [2.05, 4.69) is 33.5 Å². The van der Waals surface area contributed by atoms with Crippen molar-refractivity contribution in [3.8, 4) is 11.5 Å². The number of fused-ring (bicyclic) bond motifs is 2. The van der Waals surface area contributed by atoms with Gasteiger partial charge in [0.15, 0.2) is 0 Å². The van der Waals surface area contributed by atoms with Gasteiger partial charge < -0.3 is 19.1 Å². The van der Waals surface area contributed by atoms with Crippen LogP contribution in [0.3, 0.4) is 0 Å². The van der Waals surface area contributed by atoms with Crippen LogP contribution in [-0.2, 0) is 13.2 Å². The molecule has 0 spiro atoms. The molecule has 0 bridgehead atoms. The van der Waals surface area contributed by atoms with E-state index in [1.165, 1.54) is 0 Å². The fraction of sp³-hybridized carbons (Fsp3) is 0.240. The summed E-state index contributed by atoms with van der Waals surface area (Å²) >= 11 is 3.53. The van der Waals surface area contributed by atoms with Crippen LogP contribution in [0.25, 0.3) is 21.7 Å². The van der Waals surface area contributed by atoms with Gasteiger partial charge in [0.05, 0.1) is 28.4 Å². The van der Waals surface area contributed by atoms with Gasteiger partial charge in [-0.2, -0.15) is 0 Å². The quantitative estimate of drug-likeness (QED) is 0.306. The first-order valence-electron chi connectivity index (χ1n) is 10.3. The number of aromatic carboxylic acids is 1. The predicted octanol–water partition coefficient (Wildman–Crippen LogP) is 6.64. The topological polar surface area (TPSA) is 60.7 Å². The minimum Gasteiger partial charge on any atom is -0.496 e. The Hall–Kier alpha value is -2.99. The van der Waals surface area contributed by atoms with Crippen molar-refractivity contribution in [2.75, 3.05) is 7.11 Å². The Kier molecular flexibility index (Phi) is 6.18. The number of benzene rings is 3. The van der Waals surface area contributed by atoms with Crippen LogP contribution in [-0.4, -0.2) is 22.8 Å². The molecular formula is C25H24BrNO4. The third-order valence-corrected chi connectivity index (χ3v) is 6.11. The normalized spacial score (nSPS) is 11.2. The second-order valence-corrected chi connectivity index (χ2v) is 8.29. The number of carboxylic acids is 1. The highest BCUT2D eigenvalue weighted by atomic mass is 79.9. The lowest BCUT2D eigenvalue weighted by atomic mass is 10.1. The van der Waals surface area contributed by atoms with E-state index in [9.17, 15) is 9.90 Å². The molecule has 1 aromatic heterocycles. The van der Waals surface area contributed by atoms with Crippen molar-refractivity contribution in [2.24, 2.45) is 0 Å². The highest BCUT2D eigenvalue weighted by Gasteiger charge is 2.24. The summed E-state index contributed by atoms with van der Waals surface area (Å²) < 4.78 is 14.4. The lowest BCUT2D eigenvalue weighted by molar-refractivity contribution is 0.0695. The molecule has 1 heterocycles. The molecule has 0 amide bonds. The highest BCUT2D eigenvalue weighted by molar-refractivity contribution is 9.10. The summed E-state index contributed by atoms with van der Waals surface area (Å²) in [5.41, 5.74) is 1.78. The van der Waals surface area contributed by atoms with Crippen molar-refractivity contribution < 1.29 is 19.4 Å². The SMILES string of the molecule is CCCCn1c(COc2ccc3ccccc3c2)c(C(=O)O)c2cc(OC)c(Br)cc21. The second kappa shape index (κ2) is 9.02. The first-order chi connectivity index (χ1) is 15.0. The molecule has 0 saturated carbocycles. The maximum absolute atomic E-state index is 12.3. The molecular weight excluding hydrogens is 458 g/mol. The Bertz CT molecular complexity index is 1260. The number of unbranched alkanes of at least 4 members (excludes halogenated alkanes) is 1. The van der Waals surface area contributed by atoms with Gasteiger partial charge in [-0.05, 0) is 57.4 Å². The molecule has 4 aromatic rings. The summed E-state index contributed by atoms with van der Waals surface area (Å²) in [6.45, 7) is 3.00. The van der Waals surface area contributed by atoms with Crippen LogP contribution >= 0.6 is 15.9 Å². The van der Waals surface area contributed by atoms with Crippen molar-refractivity contribution in [3.05, 3.63) is 70.3 Å². The maximum atomic E-state index is 12.3. The van der Waals surface area contributed by atoms with Crippen LogP contribution < -0.4 is 9.47 Å². The Balaban J connectivity index is 1.79. The van der Waals surface area contributed by atoms with Crippen molar-refractivity contribution in [1.29, 1.82) is 0 Å². The molecule has 0 aliphatic carbocycles. The van der Waals surface area contributed by atoms with E-state index in [4.69, 9.17) is 9.47 Å². The molecule has 5 nitrogen and oxygen atoms in total. The van der Waals surface area contributed by atoms with Gasteiger partial charge in [-0.3, -0.25) is 0 Å². The molecule has 0 saturated heterocycles. The molecule has 31 heavy (non-hydrogen) atoms. The Labute approximate surface area is 189 Å². The third-order valence-electron chi connectivity index (χ3n) is 5.49. The van der Waals surface area contributed by atoms with E-state index in [1.807, 2.05) is 42.5 Å². The Morgan fingerprint density at radius 3 is 2.58 bits per heavy atom. The Morgan fingerprint density at radius 2 is 1.87 bits per heavy atom. The molecule has 3 aromatic carbocycles. The average Bonchev–Trinajstić information content (AvgIpc) is 3.07. The molecule has 6 heteroatoms. The number of hydrogen-bond donors (Lipinski definition) is 1. The van der Waals surface area contributed by atoms with Gasteiger partial charge in [0.1, 0.15) is 18.1 Å². The third kappa shape index (κ3) is 4.12. The molecule has 1 N–H and O–H groups in total. The maximum Gasteiger partial charge on any atom is 0.338 e. The van der Waals surface area contributed by atoms with Crippen LogP contribution in [0.2, 0.25) is 0 Å². The van der Waals surface area contributed by atoms with E-state index in [-0.39, 0.29) is 12.2 Å².